The van der Waals surface area contributed by atoms with Crippen LogP contribution in [0, 0.1) is 0 Å². The lowest BCUT2D eigenvalue weighted by atomic mass is 9.97. The van der Waals surface area contributed by atoms with Crippen LogP contribution in [0.5, 0.6) is 0 Å². The van der Waals surface area contributed by atoms with E-state index in [4.69, 9.17) is 0 Å². The average Bonchev–Trinajstić information content (AvgIpc) is 2.77. The summed E-state index contributed by atoms with van der Waals surface area (Å²) in [5, 5.41) is 9.36. The maximum absolute atomic E-state index is 13.4. The van der Waals surface area contributed by atoms with Gasteiger partial charge in [-0.15, -0.1) is 0 Å². The smallest absolute Gasteiger partial charge is 0.331 e. The summed E-state index contributed by atoms with van der Waals surface area (Å²) in [7, 11) is 0. The molecule has 31 heavy (non-hydrogen) atoms. The van der Waals surface area contributed by atoms with Gasteiger partial charge in [-0.05, 0) is 17.9 Å². The number of hydrogen-bond donors (Lipinski definition) is 1. The SMILES string of the molecule is CC(C)c1c(Cc2ccccc2)n(CCCO)c(=O)n(CC(=O)c2ccccc2)c1=O. The van der Waals surface area contributed by atoms with Crippen molar-refractivity contribution in [1.29, 1.82) is 0 Å². The van der Waals surface area contributed by atoms with E-state index in [0.29, 0.717) is 29.7 Å². The number of Topliss-reactive ketones (excluding diaryl/α,β-unsaturated/α-hetero) is 1. The lowest BCUT2D eigenvalue weighted by Crippen LogP contribution is -2.45. The predicted molar refractivity (Wildman–Crippen MR) is 121 cm³/mol. The molecule has 1 N–H and O–H groups in total. The Kier molecular flexibility index (Phi) is 7.36. The second-order valence-corrected chi connectivity index (χ2v) is 7.87. The average molecular weight is 421 g/mol. The van der Waals surface area contributed by atoms with E-state index < -0.39 is 11.2 Å². The maximum atomic E-state index is 13.4. The number of nitrogens with zero attached hydrogens (tertiary/aromatic N) is 2. The van der Waals surface area contributed by atoms with Crippen molar-refractivity contribution in [3.05, 3.63) is 104 Å². The minimum Gasteiger partial charge on any atom is -0.396 e. The molecule has 1 heterocycles. The number of carbonyl (C=O) groups excluding carboxylic acids is 1. The lowest BCUT2D eigenvalue weighted by Gasteiger charge is -2.21. The van der Waals surface area contributed by atoms with Crippen molar-refractivity contribution in [1.82, 2.24) is 9.13 Å². The van der Waals surface area contributed by atoms with E-state index in [1.807, 2.05) is 44.2 Å². The molecule has 0 bridgehead atoms. The van der Waals surface area contributed by atoms with Gasteiger partial charge in [0.2, 0.25) is 0 Å². The van der Waals surface area contributed by atoms with Gasteiger partial charge in [0.25, 0.3) is 5.56 Å². The molecule has 0 saturated carbocycles. The molecule has 0 spiro atoms. The molecule has 2 aromatic carbocycles. The summed E-state index contributed by atoms with van der Waals surface area (Å²) in [6, 6.07) is 18.3. The highest BCUT2D eigenvalue weighted by atomic mass is 16.3. The second kappa shape index (κ2) is 10.2. The van der Waals surface area contributed by atoms with Gasteiger partial charge in [0.05, 0.1) is 6.54 Å². The third kappa shape index (κ3) is 5.09. The Bertz CT molecular complexity index is 1150. The Morgan fingerprint density at radius 2 is 1.55 bits per heavy atom. The highest BCUT2D eigenvalue weighted by Gasteiger charge is 2.22. The fourth-order valence-electron chi connectivity index (χ4n) is 3.78. The van der Waals surface area contributed by atoms with Crippen LogP contribution in [0.1, 0.15) is 53.4 Å². The molecule has 0 saturated heterocycles. The number of carbonyl (C=O) groups is 1. The number of hydrogen-bond acceptors (Lipinski definition) is 4. The zero-order valence-electron chi connectivity index (χ0n) is 18.0. The third-order valence-corrected chi connectivity index (χ3v) is 5.30. The normalized spacial score (nSPS) is 11.1. The number of benzene rings is 2. The Balaban J connectivity index is 2.16. The van der Waals surface area contributed by atoms with Crippen molar-refractivity contribution >= 4 is 5.78 Å². The van der Waals surface area contributed by atoms with Gasteiger partial charge in [-0.3, -0.25) is 18.7 Å². The second-order valence-electron chi connectivity index (χ2n) is 7.87. The number of aliphatic hydroxyl groups excluding tert-OH is 1. The van der Waals surface area contributed by atoms with Crippen LogP contribution in [0.15, 0.2) is 70.3 Å². The van der Waals surface area contributed by atoms with Crippen molar-refractivity contribution in [2.24, 2.45) is 0 Å². The largest absolute Gasteiger partial charge is 0.396 e. The van der Waals surface area contributed by atoms with Crippen molar-refractivity contribution in [3.8, 4) is 0 Å². The fraction of sp³-hybridized carbons (Fsp3) is 0.320. The Labute approximate surface area is 181 Å². The summed E-state index contributed by atoms with van der Waals surface area (Å²) in [5.74, 6) is -0.427. The van der Waals surface area contributed by atoms with E-state index in [-0.39, 0.29) is 31.4 Å². The standard InChI is InChI=1S/C25H28N2O4/c1-18(2)23-21(16-19-10-5-3-6-11-19)26(14-9-15-28)25(31)27(24(23)30)17-22(29)20-12-7-4-8-13-20/h3-8,10-13,18,28H,9,14-17H2,1-2H3. The van der Waals surface area contributed by atoms with Gasteiger partial charge in [-0.1, -0.05) is 74.5 Å². The Morgan fingerprint density at radius 3 is 2.13 bits per heavy atom. The zero-order chi connectivity index (χ0) is 22.4. The van der Waals surface area contributed by atoms with E-state index in [9.17, 15) is 19.5 Å². The Hall–Kier alpha value is -3.25. The topological polar surface area (TPSA) is 81.3 Å². The van der Waals surface area contributed by atoms with E-state index >= 15 is 0 Å². The minimum absolute atomic E-state index is 0.0731. The van der Waals surface area contributed by atoms with Crippen molar-refractivity contribution in [2.75, 3.05) is 6.61 Å². The number of aliphatic hydroxyl groups is 1. The molecule has 0 unspecified atom stereocenters. The van der Waals surface area contributed by atoms with Gasteiger partial charge in [-0.25, -0.2) is 4.79 Å². The molecule has 1 aromatic heterocycles. The molecule has 0 fully saturated rings. The van der Waals surface area contributed by atoms with E-state index in [2.05, 4.69) is 0 Å². The molecule has 3 aromatic rings. The molecule has 0 aliphatic rings. The molecule has 0 atom stereocenters. The summed E-state index contributed by atoms with van der Waals surface area (Å²) >= 11 is 0. The van der Waals surface area contributed by atoms with Crippen LogP contribution in [0.3, 0.4) is 0 Å². The van der Waals surface area contributed by atoms with Crippen LogP contribution in [-0.2, 0) is 19.5 Å². The van der Waals surface area contributed by atoms with Crippen molar-refractivity contribution in [2.45, 2.75) is 45.7 Å². The van der Waals surface area contributed by atoms with Crippen LogP contribution < -0.4 is 11.2 Å². The van der Waals surface area contributed by atoms with Crippen LogP contribution >= 0.6 is 0 Å². The molecule has 6 nitrogen and oxygen atoms in total. The van der Waals surface area contributed by atoms with Crippen molar-refractivity contribution < 1.29 is 9.90 Å². The molecular formula is C25H28N2O4. The molecule has 0 aliphatic heterocycles. The van der Waals surface area contributed by atoms with Gasteiger partial charge in [0.15, 0.2) is 5.78 Å². The van der Waals surface area contributed by atoms with E-state index in [1.165, 1.54) is 0 Å². The Morgan fingerprint density at radius 1 is 0.935 bits per heavy atom. The van der Waals surface area contributed by atoms with Gasteiger partial charge >= 0.3 is 5.69 Å². The molecule has 6 heteroatoms. The van der Waals surface area contributed by atoms with Crippen molar-refractivity contribution in [3.63, 3.8) is 0 Å². The first-order valence-corrected chi connectivity index (χ1v) is 10.5. The van der Waals surface area contributed by atoms with Crippen LogP contribution in [0.2, 0.25) is 0 Å². The summed E-state index contributed by atoms with van der Waals surface area (Å²) < 4.78 is 2.59. The zero-order valence-corrected chi connectivity index (χ0v) is 18.0. The molecule has 0 radical (unpaired) electrons. The molecule has 0 amide bonds. The van der Waals surface area contributed by atoms with Gasteiger partial charge < -0.3 is 5.11 Å². The summed E-state index contributed by atoms with van der Waals surface area (Å²) in [4.78, 5) is 39.5. The van der Waals surface area contributed by atoms with Gasteiger partial charge in [0, 0.05) is 36.4 Å². The van der Waals surface area contributed by atoms with Crippen LogP contribution in [0.25, 0.3) is 0 Å². The first kappa shape index (κ1) is 22.4. The third-order valence-electron chi connectivity index (χ3n) is 5.30. The van der Waals surface area contributed by atoms with E-state index in [0.717, 1.165) is 10.1 Å². The number of rotatable bonds is 9. The monoisotopic (exact) mass is 420 g/mol. The molecule has 162 valence electrons. The number of aromatic nitrogens is 2. The van der Waals surface area contributed by atoms with E-state index in [1.54, 1.807) is 34.9 Å². The highest BCUT2D eigenvalue weighted by Crippen LogP contribution is 2.19. The summed E-state index contributed by atoms with van der Waals surface area (Å²) in [6.07, 6.45) is 0.807. The lowest BCUT2D eigenvalue weighted by molar-refractivity contribution is 0.0968. The number of ketones is 1. The molecule has 3 rings (SSSR count). The predicted octanol–water partition coefficient (Wildman–Crippen LogP) is 2.99. The first-order chi connectivity index (χ1) is 14.9. The molecular weight excluding hydrogens is 392 g/mol. The summed E-state index contributed by atoms with van der Waals surface area (Å²) in [6.45, 7) is 3.71. The minimum atomic E-state index is -0.516. The highest BCUT2D eigenvalue weighted by molar-refractivity contribution is 5.95. The quantitative estimate of drug-likeness (QED) is 0.540. The van der Waals surface area contributed by atoms with Gasteiger partial charge in [-0.2, -0.15) is 0 Å². The van der Waals surface area contributed by atoms with Crippen LogP contribution in [-0.4, -0.2) is 26.6 Å². The molecule has 0 aliphatic carbocycles. The fourth-order valence-corrected chi connectivity index (χ4v) is 3.78. The van der Waals surface area contributed by atoms with Gasteiger partial charge in [0.1, 0.15) is 0 Å². The first-order valence-electron chi connectivity index (χ1n) is 10.5. The summed E-state index contributed by atoms with van der Waals surface area (Å²) in [5.41, 5.74) is 1.68. The maximum Gasteiger partial charge on any atom is 0.331 e. The van der Waals surface area contributed by atoms with Crippen LogP contribution in [0.4, 0.5) is 0 Å².